The van der Waals surface area contributed by atoms with Gasteiger partial charge in [-0.2, -0.15) is 4.98 Å². The maximum Gasteiger partial charge on any atom is 0.258 e. The van der Waals surface area contributed by atoms with E-state index in [1.54, 1.807) is 0 Å². The molecule has 1 aromatic heterocycles. The zero-order valence-corrected chi connectivity index (χ0v) is 17.1. The first kappa shape index (κ1) is 20.3. The number of fused-ring (bicyclic) bond motifs is 1. The molecule has 3 heterocycles. The number of nitrogens with one attached hydrogen (secondary N) is 3. The molecule has 2 amide bonds. The van der Waals surface area contributed by atoms with Gasteiger partial charge in [0.15, 0.2) is 0 Å². The monoisotopic (exact) mass is 433 g/mol. The fourth-order valence-electron chi connectivity index (χ4n) is 3.76. The third-order valence-corrected chi connectivity index (χ3v) is 5.82. The molecule has 1 atom stereocenters. The summed E-state index contributed by atoms with van der Waals surface area (Å²) in [5.74, 6) is -1.52. The van der Waals surface area contributed by atoms with Gasteiger partial charge in [-0.1, -0.05) is 18.5 Å². The molecule has 0 radical (unpaired) electrons. The molecule has 0 saturated carbocycles. The number of hydrogen-bond acceptors (Lipinski definition) is 5. The molecule has 0 unspecified atom stereocenters. The SMILES string of the molecule is CC1CCN(c2nc3c(c(=O)[nH]2)[C@H](C(=O)Nc2ccc(F)c(Cl)c2)CC(=O)N3)CC1. The van der Waals surface area contributed by atoms with Gasteiger partial charge in [0.05, 0.1) is 16.5 Å². The third-order valence-electron chi connectivity index (χ3n) is 5.53. The van der Waals surface area contributed by atoms with Crippen molar-refractivity contribution >= 4 is 40.9 Å². The molecule has 158 valence electrons. The zero-order valence-electron chi connectivity index (χ0n) is 16.3. The van der Waals surface area contributed by atoms with Crippen molar-refractivity contribution in [3.05, 3.63) is 45.0 Å². The minimum Gasteiger partial charge on any atom is -0.342 e. The summed E-state index contributed by atoms with van der Waals surface area (Å²) in [6.07, 6.45) is 1.77. The number of halogens is 2. The van der Waals surface area contributed by atoms with Gasteiger partial charge in [-0.25, -0.2) is 4.39 Å². The number of benzene rings is 1. The molecule has 0 aliphatic carbocycles. The minimum atomic E-state index is -1.02. The highest BCUT2D eigenvalue weighted by atomic mass is 35.5. The fourth-order valence-corrected chi connectivity index (χ4v) is 3.94. The summed E-state index contributed by atoms with van der Waals surface area (Å²) in [5.41, 5.74) is -0.0947. The average Bonchev–Trinajstić information content (AvgIpc) is 2.70. The van der Waals surface area contributed by atoms with Crippen molar-refractivity contribution in [1.29, 1.82) is 0 Å². The number of anilines is 3. The smallest absolute Gasteiger partial charge is 0.258 e. The number of aromatic amines is 1. The Morgan fingerprint density at radius 1 is 1.30 bits per heavy atom. The number of piperidine rings is 1. The molecular weight excluding hydrogens is 413 g/mol. The van der Waals surface area contributed by atoms with E-state index in [0.29, 0.717) is 11.9 Å². The lowest BCUT2D eigenvalue weighted by molar-refractivity contribution is -0.123. The summed E-state index contributed by atoms with van der Waals surface area (Å²) in [4.78, 5) is 47.0. The normalized spacial score (nSPS) is 19.2. The third kappa shape index (κ3) is 4.02. The van der Waals surface area contributed by atoms with Gasteiger partial charge in [-0.3, -0.25) is 19.4 Å². The summed E-state index contributed by atoms with van der Waals surface area (Å²) < 4.78 is 13.3. The van der Waals surface area contributed by atoms with Gasteiger partial charge < -0.3 is 15.5 Å². The van der Waals surface area contributed by atoms with Crippen LogP contribution in [0.4, 0.5) is 21.8 Å². The molecule has 1 saturated heterocycles. The predicted octanol–water partition coefficient (Wildman–Crippen LogP) is 2.86. The van der Waals surface area contributed by atoms with E-state index in [1.807, 2.05) is 4.90 Å². The number of carbonyl (C=O) groups excluding carboxylic acids is 2. The summed E-state index contributed by atoms with van der Waals surface area (Å²) in [6, 6.07) is 3.74. The van der Waals surface area contributed by atoms with Gasteiger partial charge in [-0.15, -0.1) is 0 Å². The summed E-state index contributed by atoms with van der Waals surface area (Å²) in [6.45, 7) is 3.69. The van der Waals surface area contributed by atoms with Crippen LogP contribution in [0.2, 0.25) is 5.02 Å². The Morgan fingerprint density at radius 2 is 2.03 bits per heavy atom. The Morgan fingerprint density at radius 3 is 2.73 bits per heavy atom. The fraction of sp³-hybridized carbons (Fsp3) is 0.400. The van der Waals surface area contributed by atoms with Gasteiger partial charge in [0, 0.05) is 25.2 Å². The summed E-state index contributed by atoms with van der Waals surface area (Å²) in [7, 11) is 0. The molecule has 3 N–H and O–H groups in total. The molecule has 1 aromatic carbocycles. The second kappa shape index (κ2) is 8.06. The molecule has 0 spiro atoms. The number of amides is 2. The first-order chi connectivity index (χ1) is 14.3. The van der Waals surface area contributed by atoms with Crippen LogP contribution in [-0.2, 0) is 9.59 Å². The van der Waals surface area contributed by atoms with Crippen LogP contribution in [0.1, 0.15) is 37.7 Å². The summed E-state index contributed by atoms with van der Waals surface area (Å²) in [5, 5.41) is 5.05. The molecule has 8 nitrogen and oxygen atoms in total. The Hall–Kier alpha value is -2.94. The Kier molecular flexibility index (Phi) is 5.46. The first-order valence-electron chi connectivity index (χ1n) is 9.76. The van der Waals surface area contributed by atoms with E-state index in [9.17, 15) is 18.8 Å². The molecule has 2 aromatic rings. The van der Waals surface area contributed by atoms with Gasteiger partial charge in [-0.05, 0) is 37.0 Å². The molecule has 30 heavy (non-hydrogen) atoms. The standard InChI is InChI=1S/C20H21ClFN5O3/c1-10-4-6-27(7-5-10)20-25-17-16(19(30)26-20)12(9-15(28)24-17)18(29)23-11-2-3-14(22)13(21)8-11/h2-3,8,10,12H,4-7,9H2,1H3,(H,23,29)(H2,24,25,26,28,30)/t12-/m1/s1. The van der Waals surface area contributed by atoms with Crippen LogP contribution >= 0.6 is 11.6 Å². The maximum atomic E-state index is 13.3. The Balaban J connectivity index is 1.62. The largest absolute Gasteiger partial charge is 0.342 e. The van der Waals surface area contributed by atoms with E-state index in [4.69, 9.17) is 11.6 Å². The van der Waals surface area contributed by atoms with Crippen LogP contribution in [0.25, 0.3) is 0 Å². The molecule has 2 aliphatic rings. The van der Waals surface area contributed by atoms with Crippen molar-refractivity contribution in [1.82, 2.24) is 9.97 Å². The van der Waals surface area contributed by atoms with Crippen molar-refractivity contribution in [3.63, 3.8) is 0 Å². The Labute approximate surface area is 176 Å². The van der Waals surface area contributed by atoms with Crippen LogP contribution in [0.15, 0.2) is 23.0 Å². The first-order valence-corrected chi connectivity index (χ1v) is 10.1. The molecular formula is C20H21ClFN5O3. The number of carbonyl (C=O) groups is 2. The van der Waals surface area contributed by atoms with Crippen LogP contribution in [0, 0.1) is 11.7 Å². The van der Waals surface area contributed by atoms with Crippen molar-refractivity contribution in [2.45, 2.75) is 32.1 Å². The van der Waals surface area contributed by atoms with E-state index < -0.39 is 29.1 Å². The van der Waals surface area contributed by atoms with Crippen LogP contribution < -0.4 is 21.1 Å². The van der Waals surface area contributed by atoms with E-state index >= 15 is 0 Å². The molecule has 1 fully saturated rings. The molecule has 2 aliphatic heterocycles. The highest BCUT2D eigenvalue weighted by Crippen LogP contribution is 2.31. The quantitative estimate of drug-likeness (QED) is 0.690. The summed E-state index contributed by atoms with van der Waals surface area (Å²) >= 11 is 5.75. The van der Waals surface area contributed by atoms with Crippen LogP contribution in [-0.4, -0.2) is 34.9 Å². The topological polar surface area (TPSA) is 107 Å². The van der Waals surface area contributed by atoms with E-state index in [0.717, 1.165) is 32.0 Å². The molecule has 0 bridgehead atoms. The number of rotatable bonds is 3. The van der Waals surface area contributed by atoms with Gasteiger partial charge in [0.1, 0.15) is 11.6 Å². The maximum absolute atomic E-state index is 13.3. The van der Waals surface area contributed by atoms with E-state index in [2.05, 4.69) is 27.5 Å². The Bertz CT molecular complexity index is 1060. The highest BCUT2D eigenvalue weighted by molar-refractivity contribution is 6.31. The number of hydrogen-bond donors (Lipinski definition) is 3. The number of nitrogens with zero attached hydrogens (tertiary/aromatic N) is 2. The average molecular weight is 434 g/mol. The van der Waals surface area contributed by atoms with Crippen molar-refractivity contribution in [2.24, 2.45) is 5.92 Å². The van der Waals surface area contributed by atoms with Crippen LogP contribution in [0.5, 0.6) is 0 Å². The van der Waals surface area contributed by atoms with E-state index in [-0.39, 0.29) is 28.5 Å². The van der Waals surface area contributed by atoms with E-state index in [1.165, 1.54) is 12.1 Å². The van der Waals surface area contributed by atoms with Gasteiger partial charge >= 0.3 is 0 Å². The second-order valence-electron chi connectivity index (χ2n) is 7.74. The molecule has 10 heteroatoms. The lowest BCUT2D eigenvalue weighted by Gasteiger charge is -2.31. The minimum absolute atomic E-state index is 0.0981. The van der Waals surface area contributed by atoms with Crippen molar-refractivity contribution in [2.75, 3.05) is 28.6 Å². The second-order valence-corrected chi connectivity index (χ2v) is 8.15. The zero-order chi connectivity index (χ0) is 21.4. The number of aromatic nitrogens is 2. The van der Waals surface area contributed by atoms with Gasteiger partial charge in [0.2, 0.25) is 17.8 Å². The number of H-pyrrole nitrogens is 1. The lowest BCUT2D eigenvalue weighted by atomic mass is 9.92. The lowest BCUT2D eigenvalue weighted by Crippen LogP contribution is -2.39. The van der Waals surface area contributed by atoms with Gasteiger partial charge in [0.25, 0.3) is 5.56 Å². The van der Waals surface area contributed by atoms with Crippen LogP contribution in [0.3, 0.4) is 0 Å². The highest BCUT2D eigenvalue weighted by Gasteiger charge is 2.35. The predicted molar refractivity (Wildman–Crippen MR) is 111 cm³/mol. The molecule has 4 rings (SSSR count). The van der Waals surface area contributed by atoms with Crippen molar-refractivity contribution in [3.8, 4) is 0 Å². The van der Waals surface area contributed by atoms with Crippen molar-refractivity contribution < 1.29 is 14.0 Å².